The Morgan fingerprint density at radius 2 is 0.424 bits per heavy atom. The van der Waals surface area contributed by atoms with Gasteiger partial charge in [-0.25, -0.2) is 20.0 Å². The standard InChI is InChI=1S/C84H88N8/c1-17-57-45(9)69-70-46(10)59(19-3)79(86-70)66(54-39-31-26-32-40-54)80-61(21-5)49(13)73(89-80)74-50(14)63(23-7)83(90-74)68(56-43-35-28-36-44-56)84-64(24-8)52(16)76(92-84)75-51(15)62(22-6)82(91-75)67(55-41-33-27-34-42-55)81-60(20-4)48(12)72(88-81)71-47(11)58(18-2)78(87-71)65(77(57)85-69)53-37-29-25-30-38-53/h25-44,85,88-89,92H,17-24H2,1-16H3. The quantitative estimate of drug-likeness (QED) is 0.0934. The number of benzene rings is 4. The molecule has 4 aromatic carbocycles. The summed E-state index contributed by atoms with van der Waals surface area (Å²) in [7, 11) is 0. The highest BCUT2D eigenvalue weighted by Gasteiger charge is 2.34. The number of aliphatic imine (C=N–C) groups is 4. The van der Waals surface area contributed by atoms with E-state index in [-0.39, 0.29) is 0 Å². The first-order valence-corrected chi connectivity index (χ1v) is 33.9. The van der Waals surface area contributed by atoms with Crippen molar-refractivity contribution in [3.63, 3.8) is 0 Å². The first kappa shape index (κ1) is 61.5. The number of aromatic nitrogens is 4. The van der Waals surface area contributed by atoms with E-state index in [1.165, 1.54) is 89.1 Å². The number of hydrogen-bond donors (Lipinski definition) is 4. The fourth-order valence-corrected chi connectivity index (χ4v) is 16.0. The van der Waals surface area contributed by atoms with Gasteiger partial charge in [0.2, 0.25) is 0 Å². The fraction of sp³-hybridized carbons (Fsp3) is 0.286. The van der Waals surface area contributed by atoms with Crippen molar-refractivity contribution in [1.29, 1.82) is 0 Å². The van der Waals surface area contributed by atoms with Crippen molar-refractivity contribution in [2.45, 2.75) is 162 Å². The van der Waals surface area contributed by atoms with Crippen LogP contribution < -0.4 is 42.8 Å². The summed E-state index contributed by atoms with van der Waals surface area (Å²) in [6, 6.07) is 43.8. The van der Waals surface area contributed by atoms with Crippen LogP contribution in [0, 0.1) is 27.7 Å². The highest BCUT2D eigenvalue weighted by atomic mass is 14.9. The normalized spacial score (nSPS) is 16.1. The molecule has 0 saturated carbocycles. The Morgan fingerprint density at radius 3 is 0.587 bits per heavy atom. The predicted octanol–water partition coefficient (Wildman–Crippen LogP) is 13.5. The maximum absolute atomic E-state index is 5.95. The average Bonchev–Trinajstić information content (AvgIpc) is 1.60. The van der Waals surface area contributed by atoms with Crippen LogP contribution in [0.1, 0.15) is 176 Å². The van der Waals surface area contributed by atoms with Crippen LogP contribution in [0.4, 0.5) is 0 Å². The molecule has 464 valence electrons. The van der Waals surface area contributed by atoms with E-state index in [1.54, 1.807) is 0 Å². The zero-order chi connectivity index (χ0) is 64.5. The maximum Gasteiger partial charge on any atom is 0.0907 e. The van der Waals surface area contributed by atoms with Crippen molar-refractivity contribution in [1.82, 2.24) is 19.9 Å². The molecule has 0 atom stereocenters. The maximum atomic E-state index is 5.95. The number of fused-ring (bicyclic) bond motifs is 12. The van der Waals surface area contributed by atoms with Crippen LogP contribution in [0.3, 0.4) is 0 Å². The van der Waals surface area contributed by atoms with Crippen LogP contribution in [-0.4, -0.2) is 42.8 Å². The summed E-state index contributed by atoms with van der Waals surface area (Å²) in [6.45, 7) is 36.7. The van der Waals surface area contributed by atoms with Crippen molar-refractivity contribution < 1.29 is 0 Å². The first-order chi connectivity index (χ1) is 44.7. The predicted molar refractivity (Wildman–Crippen MR) is 388 cm³/mol. The average molecular weight is 1210 g/mol. The molecule has 5 aliphatic rings. The van der Waals surface area contributed by atoms with Gasteiger partial charge in [0.05, 0.1) is 88.4 Å². The first-order valence-electron chi connectivity index (χ1n) is 33.9. The molecule has 0 radical (unpaired) electrons. The Hall–Kier alpha value is -9.40. The molecule has 8 nitrogen and oxygen atoms in total. The van der Waals surface area contributed by atoms with Crippen molar-refractivity contribution in [3.8, 4) is 0 Å². The third kappa shape index (κ3) is 9.60. The summed E-state index contributed by atoms with van der Waals surface area (Å²) in [5.74, 6) is 0. The largest absolute Gasteiger partial charge is 0.353 e. The Kier molecular flexibility index (Phi) is 16.5. The third-order valence-corrected chi connectivity index (χ3v) is 20.8. The van der Waals surface area contributed by atoms with Gasteiger partial charge in [0.1, 0.15) is 0 Å². The topological polar surface area (TPSA) is 113 Å². The zero-order valence-electron chi connectivity index (χ0n) is 57.0. The second-order valence-electron chi connectivity index (χ2n) is 25.4. The lowest BCUT2D eigenvalue weighted by atomic mass is 9.91. The summed E-state index contributed by atoms with van der Waals surface area (Å²) < 4.78 is 0. The van der Waals surface area contributed by atoms with E-state index in [0.717, 1.165) is 184 Å². The van der Waals surface area contributed by atoms with Crippen molar-refractivity contribution in [2.24, 2.45) is 20.0 Å². The van der Waals surface area contributed by atoms with Gasteiger partial charge in [0.25, 0.3) is 0 Å². The zero-order valence-corrected chi connectivity index (χ0v) is 57.0. The minimum atomic E-state index is 0.809. The number of aromatic amines is 4. The number of hydrogen-bond acceptors (Lipinski definition) is 4. The van der Waals surface area contributed by atoms with Gasteiger partial charge in [-0.15, -0.1) is 0 Å². The van der Waals surface area contributed by atoms with Gasteiger partial charge in [0.15, 0.2) is 0 Å². The molecule has 0 unspecified atom stereocenters. The lowest BCUT2D eigenvalue weighted by Crippen LogP contribution is -2.23. The Morgan fingerprint density at radius 1 is 0.239 bits per heavy atom. The summed E-state index contributed by atoms with van der Waals surface area (Å²) in [5, 5.41) is 8.57. The van der Waals surface area contributed by atoms with Crippen LogP contribution in [0.2, 0.25) is 0 Å². The number of rotatable bonds is 12. The Bertz CT molecular complexity index is 4590. The second kappa shape index (κ2) is 24.7. The summed E-state index contributed by atoms with van der Waals surface area (Å²) in [4.78, 5) is 40.6. The molecule has 0 spiro atoms. The van der Waals surface area contributed by atoms with Crippen molar-refractivity contribution >= 4 is 67.9 Å². The van der Waals surface area contributed by atoms with Gasteiger partial charge < -0.3 is 19.9 Å². The van der Waals surface area contributed by atoms with Crippen LogP contribution >= 0.6 is 0 Å². The minimum Gasteiger partial charge on any atom is -0.353 e. The monoisotopic (exact) mass is 1210 g/mol. The summed E-state index contributed by atoms with van der Waals surface area (Å²) in [5.41, 5.74) is 36.5. The smallest absolute Gasteiger partial charge is 0.0907 e. The lowest BCUT2D eigenvalue weighted by molar-refractivity contribution is 1.10. The van der Waals surface area contributed by atoms with Gasteiger partial charge in [-0.1, -0.05) is 177 Å². The molecule has 8 aromatic rings. The highest BCUT2D eigenvalue weighted by Crippen LogP contribution is 2.39. The lowest BCUT2D eigenvalue weighted by Gasteiger charge is -2.12. The molecule has 0 amide bonds. The molecule has 9 heterocycles. The molecule has 13 rings (SSSR count). The van der Waals surface area contributed by atoms with E-state index in [1.807, 2.05) is 0 Å². The van der Waals surface area contributed by atoms with Crippen LogP contribution in [0.5, 0.6) is 0 Å². The summed E-state index contributed by atoms with van der Waals surface area (Å²) in [6.07, 6.45) is 6.52. The molecule has 92 heavy (non-hydrogen) atoms. The molecule has 0 aliphatic carbocycles. The van der Waals surface area contributed by atoms with E-state index in [0.29, 0.717) is 0 Å². The molecule has 5 aliphatic heterocycles. The third-order valence-electron chi connectivity index (χ3n) is 20.8. The molecule has 8 heteroatoms. The molecule has 4 N–H and O–H groups in total. The van der Waals surface area contributed by atoms with Gasteiger partial charge in [-0.3, -0.25) is 0 Å². The number of nitrogens with zero attached hydrogens (tertiary/aromatic N) is 4. The molecular formula is C84H88N8. The number of H-pyrrole nitrogens is 4. The van der Waals surface area contributed by atoms with E-state index >= 15 is 0 Å². The molecule has 16 bridgehead atoms. The van der Waals surface area contributed by atoms with E-state index in [2.05, 4.69) is 252 Å². The van der Waals surface area contributed by atoms with E-state index in [9.17, 15) is 0 Å². The number of allylic oxidation sites excluding steroid dienone is 4. The van der Waals surface area contributed by atoms with Gasteiger partial charge in [0, 0.05) is 22.3 Å². The van der Waals surface area contributed by atoms with Crippen molar-refractivity contribution in [3.05, 3.63) is 275 Å². The Balaban J connectivity index is 1.28. The highest BCUT2D eigenvalue weighted by molar-refractivity contribution is 6.37. The molecule has 0 saturated heterocycles. The van der Waals surface area contributed by atoms with Gasteiger partial charge in [-0.05, 0) is 218 Å². The Labute approximate surface area is 542 Å². The van der Waals surface area contributed by atoms with Crippen molar-refractivity contribution in [2.75, 3.05) is 0 Å². The van der Waals surface area contributed by atoms with Gasteiger partial charge in [-0.2, -0.15) is 0 Å². The van der Waals surface area contributed by atoms with Crippen LogP contribution in [0.15, 0.2) is 186 Å². The van der Waals surface area contributed by atoms with Gasteiger partial charge >= 0.3 is 0 Å². The van der Waals surface area contributed by atoms with Crippen LogP contribution in [-0.2, 0) is 25.7 Å². The molecule has 4 aromatic heterocycles. The minimum absolute atomic E-state index is 0.809. The van der Waals surface area contributed by atoms with E-state index in [4.69, 9.17) is 20.0 Å². The van der Waals surface area contributed by atoms with Crippen LogP contribution in [0.25, 0.3) is 45.1 Å². The number of nitrogens with one attached hydrogen (secondary N) is 4. The summed E-state index contributed by atoms with van der Waals surface area (Å²) >= 11 is 0. The molecule has 0 fully saturated rings. The second-order valence-corrected chi connectivity index (χ2v) is 25.4. The fourth-order valence-electron chi connectivity index (χ4n) is 16.0. The SMILES string of the molecule is CCC1=C(C)C2=c3[nH]c(c(CC)c3C)=C(c3ccccc3)C3=NC(=c4[nH]c(c(CC)c4C)=C(c4ccccc4)C4=NC(=c5[nH]c(c(CC)c5C)=C(c5ccccc5)C5=NC(=c6[nH]c(c(CC)c6C)=C(c6ccccc6)C1=N2)C(C)=C5CC)C(C)=C4CC)C(C)=C3CC. The molecular weight excluding hydrogens is 1120 g/mol. The van der Waals surface area contributed by atoms with E-state index < -0.39 is 0 Å².